The van der Waals surface area contributed by atoms with Gasteiger partial charge in [-0.1, -0.05) is 12.8 Å². The number of morpholine rings is 1. The normalized spacial score (nSPS) is 28.5. The smallest absolute Gasteiger partial charge is 0.0826 e. The minimum Gasteiger partial charge on any atom is -0.396 e. The number of rotatable bonds is 8. The first-order valence-electron chi connectivity index (χ1n) is 7.57. The molecule has 0 aromatic carbocycles. The molecule has 0 saturated carbocycles. The standard InChI is InChI=1S/C14H28N2O2/c17-9-4-2-1-3-7-15-10-14-11-16-8-5-6-13(16)12-18-14/h13-15,17H,1-12H2. The van der Waals surface area contributed by atoms with Crippen molar-refractivity contribution in [1.29, 1.82) is 0 Å². The number of aliphatic hydroxyl groups is 1. The first kappa shape index (κ1) is 14.3. The van der Waals surface area contributed by atoms with Gasteiger partial charge in [0.05, 0.1) is 12.7 Å². The number of aliphatic hydroxyl groups excluding tert-OH is 1. The molecule has 2 atom stereocenters. The molecular weight excluding hydrogens is 228 g/mol. The fourth-order valence-electron chi connectivity index (χ4n) is 2.99. The Kier molecular flexibility index (Phi) is 6.41. The molecule has 0 amide bonds. The third kappa shape index (κ3) is 4.50. The van der Waals surface area contributed by atoms with Gasteiger partial charge < -0.3 is 15.2 Å². The molecule has 2 rings (SSSR count). The van der Waals surface area contributed by atoms with Crippen LogP contribution in [0.5, 0.6) is 0 Å². The summed E-state index contributed by atoms with van der Waals surface area (Å²) in [5.41, 5.74) is 0. The number of ether oxygens (including phenoxy) is 1. The average Bonchev–Trinajstić information content (AvgIpc) is 2.85. The van der Waals surface area contributed by atoms with Crippen LogP contribution in [-0.4, -0.2) is 61.5 Å². The van der Waals surface area contributed by atoms with E-state index in [1.165, 1.54) is 32.2 Å². The summed E-state index contributed by atoms with van der Waals surface area (Å²) in [4.78, 5) is 2.59. The SMILES string of the molecule is OCCCCCCNCC1CN2CCCC2CO1. The van der Waals surface area contributed by atoms with E-state index in [0.29, 0.717) is 18.8 Å². The number of hydrogen-bond acceptors (Lipinski definition) is 4. The quantitative estimate of drug-likeness (QED) is 0.636. The second-order valence-corrected chi connectivity index (χ2v) is 5.59. The molecule has 4 heteroatoms. The van der Waals surface area contributed by atoms with Crippen molar-refractivity contribution < 1.29 is 9.84 Å². The number of nitrogens with zero attached hydrogens (tertiary/aromatic N) is 1. The van der Waals surface area contributed by atoms with Crippen LogP contribution >= 0.6 is 0 Å². The van der Waals surface area contributed by atoms with E-state index in [2.05, 4.69) is 10.2 Å². The lowest BCUT2D eigenvalue weighted by Crippen LogP contribution is -2.49. The average molecular weight is 256 g/mol. The Bertz CT molecular complexity index is 226. The lowest BCUT2D eigenvalue weighted by atomic mass is 10.2. The molecule has 0 aliphatic carbocycles. The van der Waals surface area contributed by atoms with Gasteiger partial charge in [-0.2, -0.15) is 0 Å². The van der Waals surface area contributed by atoms with Crippen molar-refractivity contribution >= 4 is 0 Å². The fraction of sp³-hybridized carbons (Fsp3) is 1.00. The van der Waals surface area contributed by atoms with Crippen LogP contribution in [0.2, 0.25) is 0 Å². The molecule has 2 fully saturated rings. The van der Waals surface area contributed by atoms with Crippen molar-refractivity contribution in [3.63, 3.8) is 0 Å². The van der Waals surface area contributed by atoms with Crippen LogP contribution in [0, 0.1) is 0 Å². The van der Waals surface area contributed by atoms with Crippen LogP contribution in [0.25, 0.3) is 0 Å². The Morgan fingerprint density at radius 2 is 2.11 bits per heavy atom. The maximum absolute atomic E-state index is 8.68. The molecule has 2 aliphatic rings. The molecule has 4 nitrogen and oxygen atoms in total. The Morgan fingerprint density at radius 1 is 1.22 bits per heavy atom. The van der Waals surface area contributed by atoms with Gasteiger partial charge in [0.1, 0.15) is 0 Å². The zero-order chi connectivity index (χ0) is 12.6. The Balaban J connectivity index is 1.47. The molecule has 2 unspecified atom stereocenters. The summed E-state index contributed by atoms with van der Waals surface area (Å²) in [6.07, 6.45) is 7.57. The first-order valence-corrected chi connectivity index (χ1v) is 7.57. The number of nitrogens with one attached hydrogen (secondary N) is 1. The van der Waals surface area contributed by atoms with E-state index in [-0.39, 0.29) is 0 Å². The van der Waals surface area contributed by atoms with Gasteiger partial charge in [-0.05, 0) is 38.8 Å². The Morgan fingerprint density at radius 3 is 3.00 bits per heavy atom. The Labute approximate surface area is 111 Å². The van der Waals surface area contributed by atoms with E-state index in [0.717, 1.165) is 39.1 Å². The molecule has 2 heterocycles. The molecule has 2 aliphatic heterocycles. The van der Waals surface area contributed by atoms with Gasteiger partial charge in [-0.15, -0.1) is 0 Å². The van der Waals surface area contributed by atoms with Crippen molar-refractivity contribution in [1.82, 2.24) is 10.2 Å². The lowest BCUT2D eigenvalue weighted by Gasteiger charge is -2.35. The third-order valence-electron chi connectivity index (χ3n) is 4.10. The van der Waals surface area contributed by atoms with E-state index >= 15 is 0 Å². The van der Waals surface area contributed by atoms with Crippen LogP contribution in [0.1, 0.15) is 38.5 Å². The molecule has 2 N–H and O–H groups in total. The first-order chi connectivity index (χ1) is 8.90. The van der Waals surface area contributed by atoms with Crippen molar-refractivity contribution in [3.8, 4) is 0 Å². The molecule has 18 heavy (non-hydrogen) atoms. The molecule has 106 valence electrons. The summed E-state index contributed by atoms with van der Waals surface area (Å²) < 4.78 is 5.90. The third-order valence-corrected chi connectivity index (χ3v) is 4.10. The highest BCUT2D eigenvalue weighted by Crippen LogP contribution is 2.22. The van der Waals surface area contributed by atoms with Crippen LogP contribution in [0.15, 0.2) is 0 Å². The number of hydrogen-bond donors (Lipinski definition) is 2. The van der Waals surface area contributed by atoms with E-state index in [1.807, 2.05) is 0 Å². The van der Waals surface area contributed by atoms with Crippen LogP contribution in [-0.2, 0) is 4.74 Å². The topological polar surface area (TPSA) is 44.7 Å². The van der Waals surface area contributed by atoms with Gasteiger partial charge in [0.2, 0.25) is 0 Å². The monoisotopic (exact) mass is 256 g/mol. The van der Waals surface area contributed by atoms with E-state index in [1.54, 1.807) is 0 Å². The second kappa shape index (κ2) is 8.10. The molecule has 0 radical (unpaired) electrons. The van der Waals surface area contributed by atoms with E-state index in [9.17, 15) is 0 Å². The largest absolute Gasteiger partial charge is 0.396 e. The predicted molar refractivity (Wildman–Crippen MR) is 72.8 cm³/mol. The Hall–Kier alpha value is -0.160. The van der Waals surface area contributed by atoms with E-state index < -0.39 is 0 Å². The summed E-state index contributed by atoms with van der Waals surface area (Å²) in [5, 5.41) is 12.2. The molecule has 0 spiro atoms. The number of fused-ring (bicyclic) bond motifs is 1. The van der Waals surface area contributed by atoms with Gasteiger partial charge in [0.25, 0.3) is 0 Å². The zero-order valence-corrected chi connectivity index (χ0v) is 11.4. The maximum atomic E-state index is 8.68. The minimum absolute atomic E-state index is 0.334. The van der Waals surface area contributed by atoms with Gasteiger partial charge in [-0.3, -0.25) is 4.90 Å². The van der Waals surface area contributed by atoms with Crippen LogP contribution < -0.4 is 5.32 Å². The van der Waals surface area contributed by atoms with Gasteiger partial charge in [0, 0.05) is 25.7 Å². The van der Waals surface area contributed by atoms with Crippen molar-refractivity contribution in [2.45, 2.75) is 50.7 Å². The van der Waals surface area contributed by atoms with Crippen LogP contribution in [0.4, 0.5) is 0 Å². The summed E-state index contributed by atoms with van der Waals surface area (Å²) in [6, 6.07) is 0.708. The summed E-state index contributed by atoms with van der Waals surface area (Å²) in [7, 11) is 0. The highest BCUT2D eigenvalue weighted by Gasteiger charge is 2.31. The molecule has 0 bridgehead atoms. The summed E-state index contributed by atoms with van der Waals surface area (Å²) >= 11 is 0. The number of unbranched alkanes of at least 4 members (excludes halogenated alkanes) is 3. The van der Waals surface area contributed by atoms with Crippen molar-refractivity contribution in [3.05, 3.63) is 0 Å². The zero-order valence-electron chi connectivity index (χ0n) is 11.4. The molecule has 0 aromatic rings. The fourth-order valence-corrected chi connectivity index (χ4v) is 2.99. The van der Waals surface area contributed by atoms with Gasteiger partial charge >= 0.3 is 0 Å². The van der Waals surface area contributed by atoms with E-state index in [4.69, 9.17) is 9.84 Å². The minimum atomic E-state index is 0.334. The summed E-state index contributed by atoms with van der Waals surface area (Å²) in [6.45, 7) is 5.72. The highest BCUT2D eigenvalue weighted by atomic mass is 16.5. The highest BCUT2D eigenvalue weighted by molar-refractivity contribution is 4.85. The molecular formula is C14H28N2O2. The molecule has 2 saturated heterocycles. The second-order valence-electron chi connectivity index (χ2n) is 5.59. The van der Waals surface area contributed by atoms with Crippen molar-refractivity contribution in [2.24, 2.45) is 0 Å². The predicted octanol–water partition coefficient (Wildman–Crippen LogP) is 0.992. The van der Waals surface area contributed by atoms with Gasteiger partial charge in [-0.25, -0.2) is 0 Å². The summed E-state index contributed by atoms with van der Waals surface area (Å²) in [5.74, 6) is 0. The lowest BCUT2D eigenvalue weighted by molar-refractivity contribution is -0.0468. The maximum Gasteiger partial charge on any atom is 0.0826 e. The van der Waals surface area contributed by atoms with Crippen molar-refractivity contribution in [2.75, 3.05) is 39.4 Å². The van der Waals surface area contributed by atoms with Crippen LogP contribution in [0.3, 0.4) is 0 Å². The molecule has 0 aromatic heterocycles. The van der Waals surface area contributed by atoms with Gasteiger partial charge in [0.15, 0.2) is 0 Å².